The molecule has 0 aliphatic carbocycles. The van der Waals surface area contributed by atoms with E-state index in [0.717, 1.165) is 15.2 Å². The van der Waals surface area contributed by atoms with Crippen LogP contribution in [0.3, 0.4) is 0 Å². The monoisotopic (exact) mass is 279 g/mol. The van der Waals surface area contributed by atoms with Gasteiger partial charge in [-0.25, -0.2) is 4.79 Å². The van der Waals surface area contributed by atoms with Crippen LogP contribution >= 0.6 is 15.9 Å². The van der Waals surface area contributed by atoms with Gasteiger partial charge >= 0.3 is 5.97 Å². The Morgan fingerprint density at radius 1 is 1.31 bits per heavy atom. The van der Waals surface area contributed by atoms with E-state index in [1.165, 1.54) is 7.11 Å². The molecule has 0 aliphatic rings. The highest BCUT2D eigenvalue weighted by Gasteiger charge is 2.14. The zero-order chi connectivity index (χ0) is 11.7. The maximum atomic E-state index is 11.5. The van der Waals surface area contributed by atoms with Crippen molar-refractivity contribution in [3.05, 3.63) is 40.4 Å². The van der Waals surface area contributed by atoms with E-state index < -0.39 is 5.97 Å². The lowest BCUT2D eigenvalue weighted by molar-refractivity contribution is 0.0602. The van der Waals surface area contributed by atoms with Crippen LogP contribution in [-0.2, 0) is 4.74 Å². The summed E-state index contributed by atoms with van der Waals surface area (Å²) in [5.41, 5.74) is 6.77. The first kappa shape index (κ1) is 11.0. The molecule has 2 aromatic rings. The number of benzene rings is 2. The summed E-state index contributed by atoms with van der Waals surface area (Å²) in [6.07, 6.45) is 0. The van der Waals surface area contributed by atoms with Crippen LogP contribution in [0.5, 0.6) is 0 Å². The Bertz CT molecular complexity index is 566. The van der Waals surface area contributed by atoms with E-state index in [4.69, 9.17) is 5.73 Å². The molecule has 0 unspecified atom stereocenters. The van der Waals surface area contributed by atoms with E-state index in [1.807, 2.05) is 24.3 Å². The van der Waals surface area contributed by atoms with Crippen LogP contribution in [0.25, 0.3) is 10.8 Å². The van der Waals surface area contributed by atoms with Gasteiger partial charge in [0.15, 0.2) is 0 Å². The molecule has 2 N–H and O–H groups in total. The third-order valence-electron chi connectivity index (χ3n) is 2.44. The van der Waals surface area contributed by atoms with Gasteiger partial charge in [-0.1, -0.05) is 40.2 Å². The number of anilines is 1. The number of methoxy groups -OCH3 is 1. The van der Waals surface area contributed by atoms with E-state index in [2.05, 4.69) is 20.7 Å². The Morgan fingerprint density at radius 2 is 1.94 bits per heavy atom. The van der Waals surface area contributed by atoms with Crippen molar-refractivity contribution >= 4 is 38.4 Å². The Hall–Kier alpha value is -1.55. The highest BCUT2D eigenvalue weighted by atomic mass is 79.9. The molecular weight excluding hydrogens is 270 g/mol. The standard InChI is InChI=1S/C12H10BrNO2/c1-16-12(15)9-6-10(13)7-4-2-3-5-8(7)11(9)14/h2-6H,14H2,1H3. The SMILES string of the molecule is COC(=O)c1cc(Br)c2ccccc2c1N. The molecule has 0 saturated carbocycles. The van der Waals surface area contributed by atoms with Crippen molar-refractivity contribution < 1.29 is 9.53 Å². The van der Waals surface area contributed by atoms with E-state index in [1.54, 1.807) is 6.07 Å². The predicted molar refractivity (Wildman–Crippen MR) is 67.4 cm³/mol. The molecule has 82 valence electrons. The van der Waals surface area contributed by atoms with Crippen LogP contribution in [0.4, 0.5) is 5.69 Å². The number of hydrogen-bond donors (Lipinski definition) is 1. The maximum Gasteiger partial charge on any atom is 0.340 e. The number of fused-ring (bicyclic) bond motifs is 1. The number of halogens is 1. The van der Waals surface area contributed by atoms with E-state index in [9.17, 15) is 4.79 Å². The normalized spacial score (nSPS) is 10.4. The summed E-state index contributed by atoms with van der Waals surface area (Å²) in [5, 5.41) is 1.82. The topological polar surface area (TPSA) is 52.3 Å². The molecule has 3 nitrogen and oxygen atoms in total. The van der Waals surface area contributed by atoms with Gasteiger partial charge in [0.05, 0.1) is 18.4 Å². The molecule has 0 fully saturated rings. The molecular formula is C12H10BrNO2. The van der Waals surface area contributed by atoms with Crippen molar-refractivity contribution in [3.63, 3.8) is 0 Å². The maximum absolute atomic E-state index is 11.5. The zero-order valence-electron chi connectivity index (χ0n) is 8.66. The third-order valence-corrected chi connectivity index (χ3v) is 3.10. The fraction of sp³-hybridized carbons (Fsp3) is 0.0833. The number of rotatable bonds is 1. The van der Waals surface area contributed by atoms with Crippen LogP contribution in [0.2, 0.25) is 0 Å². The first-order chi connectivity index (χ1) is 7.65. The average Bonchev–Trinajstić information content (AvgIpc) is 2.33. The fourth-order valence-electron chi connectivity index (χ4n) is 1.63. The van der Waals surface area contributed by atoms with Crippen molar-refractivity contribution in [2.75, 3.05) is 12.8 Å². The van der Waals surface area contributed by atoms with Crippen molar-refractivity contribution in [1.82, 2.24) is 0 Å². The Kier molecular flexibility index (Phi) is 2.83. The lowest BCUT2D eigenvalue weighted by atomic mass is 10.0. The molecule has 0 spiro atoms. The summed E-state index contributed by atoms with van der Waals surface area (Å²) in [5.74, 6) is -0.427. The molecule has 4 heteroatoms. The number of hydrogen-bond acceptors (Lipinski definition) is 3. The van der Waals surface area contributed by atoms with Crippen LogP contribution in [0, 0.1) is 0 Å². The van der Waals surface area contributed by atoms with Crippen LogP contribution in [0.15, 0.2) is 34.8 Å². The van der Waals surface area contributed by atoms with E-state index in [-0.39, 0.29) is 0 Å². The van der Waals surface area contributed by atoms with Crippen molar-refractivity contribution in [2.45, 2.75) is 0 Å². The summed E-state index contributed by atoms with van der Waals surface area (Å²) in [6, 6.07) is 9.30. The van der Waals surface area contributed by atoms with Gasteiger partial charge in [-0.15, -0.1) is 0 Å². The largest absolute Gasteiger partial charge is 0.465 e. The number of carbonyl (C=O) groups is 1. The van der Waals surface area contributed by atoms with Gasteiger partial charge in [0.2, 0.25) is 0 Å². The lowest BCUT2D eigenvalue weighted by Crippen LogP contribution is -2.06. The Labute approximate surface area is 101 Å². The summed E-state index contributed by atoms with van der Waals surface area (Å²) in [6.45, 7) is 0. The molecule has 0 saturated heterocycles. The lowest BCUT2D eigenvalue weighted by Gasteiger charge is -2.09. The molecule has 0 atom stereocenters. The number of ether oxygens (including phenoxy) is 1. The van der Waals surface area contributed by atoms with Crippen molar-refractivity contribution in [1.29, 1.82) is 0 Å². The minimum absolute atomic E-state index is 0.382. The van der Waals surface area contributed by atoms with Gasteiger partial charge in [0.1, 0.15) is 0 Å². The molecule has 0 bridgehead atoms. The summed E-state index contributed by atoms with van der Waals surface area (Å²) in [4.78, 5) is 11.5. The third kappa shape index (κ3) is 1.65. The summed E-state index contributed by atoms with van der Waals surface area (Å²) < 4.78 is 5.51. The summed E-state index contributed by atoms with van der Waals surface area (Å²) in [7, 11) is 1.34. The van der Waals surface area contributed by atoms with E-state index in [0.29, 0.717) is 11.3 Å². The highest BCUT2D eigenvalue weighted by molar-refractivity contribution is 9.10. The molecule has 0 amide bonds. The molecule has 2 aromatic carbocycles. The van der Waals surface area contributed by atoms with Crippen LogP contribution in [-0.4, -0.2) is 13.1 Å². The Morgan fingerprint density at radius 3 is 2.56 bits per heavy atom. The van der Waals surface area contributed by atoms with Crippen molar-refractivity contribution in [3.8, 4) is 0 Å². The highest BCUT2D eigenvalue weighted by Crippen LogP contribution is 2.31. The zero-order valence-corrected chi connectivity index (χ0v) is 10.2. The average molecular weight is 280 g/mol. The molecule has 0 heterocycles. The van der Waals surface area contributed by atoms with Crippen LogP contribution in [0.1, 0.15) is 10.4 Å². The van der Waals surface area contributed by atoms with Gasteiger partial charge in [-0.05, 0) is 11.5 Å². The van der Waals surface area contributed by atoms with Gasteiger partial charge in [0, 0.05) is 9.86 Å². The second-order valence-electron chi connectivity index (χ2n) is 3.36. The molecule has 0 radical (unpaired) electrons. The minimum Gasteiger partial charge on any atom is -0.465 e. The molecule has 0 aromatic heterocycles. The van der Waals surface area contributed by atoms with Gasteiger partial charge in [0.25, 0.3) is 0 Å². The van der Waals surface area contributed by atoms with Gasteiger partial charge in [-0.3, -0.25) is 0 Å². The predicted octanol–water partition coefficient (Wildman–Crippen LogP) is 2.97. The number of nitrogens with two attached hydrogens (primary N) is 1. The smallest absolute Gasteiger partial charge is 0.340 e. The molecule has 2 rings (SSSR count). The summed E-state index contributed by atoms with van der Waals surface area (Å²) >= 11 is 3.42. The Balaban J connectivity index is 2.80. The van der Waals surface area contributed by atoms with E-state index >= 15 is 0 Å². The number of carbonyl (C=O) groups excluding carboxylic acids is 1. The van der Waals surface area contributed by atoms with Crippen LogP contribution < -0.4 is 5.73 Å². The fourth-order valence-corrected chi connectivity index (χ4v) is 2.21. The van der Waals surface area contributed by atoms with Gasteiger partial charge < -0.3 is 10.5 Å². The second kappa shape index (κ2) is 4.14. The minimum atomic E-state index is -0.427. The first-order valence-corrected chi connectivity index (χ1v) is 5.49. The first-order valence-electron chi connectivity index (χ1n) is 4.70. The number of esters is 1. The quantitative estimate of drug-likeness (QED) is 0.645. The number of nitrogen functional groups attached to an aromatic ring is 1. The molecule has 0 aliphatic heterocycles. The van der Waals surface area contributed by atoms with Gasteiger partial charge in [-0.2, -0.15) is 0 Å². The molecule has 16 heavy (non-hydrogen) atoms. The second-order valence-corrected chi connectivity index (χ2v) is 4.21. The van der Waals surface area contributed by atoms with Crippen molar-refractivity contribution in [2.24, 2.45) is 0 Å².